The highest BCUT2D eigenvalue weighted by molar-refractivity contribution is 6.23. The van der Waals surface area contributed by atoms with E-state index in [1.54, 1.807) is 0 Å². The van der Waals surface area contributed by atoms with Crippen LogP contribution in [-0.2, 0) is 9.59 Å². The van der Waals surface area contributed by atoms with Crippen molar-refractivity contribution >= 4 is 28.9 Å². The first-order chi connectivity index (χ1) is 13.1. The minimum absolute atomic E-state index is 0.0874. The van der Waals surface area contributed by atoms with Gasteiger partial charge in [0.2, 0.25) is 5.91 Å². The van der Waals surface area contributed by atoms with Crippen LogP contribution in [0.1, 0.15) is 25.7 Å². The van der Waals surface area contributed by atoms with Gasteiger partial charge in [-0.25, -0.2) is 9.29 Å². The number of piperidine rings is 1. The second kappa shape index (κ2) is 7.39. The number of imide groups is 1. The first kappa shape index (κ1) is 17.5. The van der Waals surface area contributed by atoms with Gasteiger partial charge in [-0.1, -0.05) is 0 Å². The van der Waals surface area contributed by atoms with Gasteiger partial charge < -0.3 is 10.2 Å². The Morgan fingerprint density at radius 3 is 2.15 bits per heavy atom. The Labute approximate surface area is 157 Å². The summed E-state index contributed by atoms with van der Waals surface area (Å²) in [5.41, 5.74) is 2.39. The van der Waals surface area contributed by atoms with Crippen LogP contribution in [0.4, 0.5) is 21.5 Å². The number of hydrogen-bond acceptors (Lipinski definition) is 4. The molecule has 2 aliphatic heterocycles. The van der Waals surface area contributed by atoms with Crippen molar-refractivity contribution in [1.29, 1.82) is 0 Å². The Balaban J connectivity index is 1.44. The molecular weight excluding hydrogens is 345 g/mol. The summed E-state index contributed by atoms with van der Waals surface area (Å²) in [6.45, 7) is 2.16. The monoisotopic (exact) mass is 367 g/mol. The average Bonchev–Trinajstić information content (AvgIpc) is 2.97. The zero-order valence-corrected chi connectivity index (χ0v) is 15.0. The number of amides is 2. The molecule has 1 N–H and O–H groups in total. The van der Waals surface area contributed by atoms with Gasteiger partial charge in [0.25, 0.3) is 5.91 Å². The molecule has 0 saturated carbocycles. The summed E-state index contributed by atoms with van der Waals surface area (Å²) in [7, 11) is 0. The molecule has 4 rings (SSSR count). The van der Waals surface area contributed by atoms with Gasteiger partial charge in [0.05, 0.1) is 12.1 Å². The fourth-order valence-corrected chi connectivity index (χ4v) is 3.73. The van der Waals surface area contributed by atoms with E-state index in [0.717, 1.165) is 23.7 Å². The zero-order valence-electron chi connectivity index (χ0n) is 15.0. The lowest BCUT2D eigenvalue weighted by atomic mass is 10.1. The molecule has 2 aromatic carbocycles. The van der Waals surface area contributed by atoms with Gasteiger partial charge in [0.15, 0.2) is 0 Å². The van der Waals surface area contributed by atoms with Crippen LogP contribution in [0.5, 0.6) is 0 Å². The van der Waals surface area contributed by atoms with Crippen molar-refractivity contribution < 1.29 is 14.0 Å². The van der Waals surface area contributed by atoms with Crippen molar-refractivity contribution in [3.05, 3.63) is 54.3 Å². The summed E-state index contributed by atoms with van der Waals surface area (Å²) in [5.74, 6) is -0.998. The largest absolute Gasteiger partial charge is 0.373 e. The summed E-state index contributed by atoms with van der Waals surface area (Å²) in [6, 6.07) is 12.8. The lowest BCUT2D eigenvalue weighted by Crippen LogP contribution is -2.34. The van der Waals surface area contributed by atoms with Gasteiger partial charge >= 0.3 is 0 Å². The highest BCUT2D eigenvalue weighted by atomic mass is 19.1. The Hall–Kier alpha value is -2.89. The van der Waals surface area contributed by atoms with Crippen LogP contribution in [0.15, 0.2) is 48.5 Å². The molecule has 0 bridgehead atoms. The first-order valence-electron chi connectivity index (χ1n) is 9.36. The van der Waals surface area contributed by atoms with Gasteiger partial charge in [-0.05, 0) is 67.8 Å². The molecule has 0 aliphatic carbocycles. The van der Waals surface area contributed by atoms with E-state index in [0.29, 0.717) is 5.69 Å². The zero-order chi connectivity index (χ0) is 18.8. The van der Waals surface area contributed by atoms with Crippen LogP contribution < -0.4 is 15.1 Å². The molecule has 0 aromatic heterocycles. The van der Waals surface area contributed by atoms with Crippen molar-refractivity contribution in [2.75, 3.05) is 28.2 Å². The van der Waals surface area contributed by atoms with Crippen LogP contribution in [0.3, 0.4) is 0 Å². The molecule has 2 amide bonds. The molecule has 2 aliphatic rings. The number of carbonyl (C=O) groups excluding carboxylic acids is 2. The van der Waals surface area contributed by atoms with Crippen LogP contribution in [0.25, 0.3) is 0 Å². The Morgan fingerprint density at radius 1 is 0.852 bits per heavy atom. The molecule has 2 saturated heterocycles. The molecule has 0 radical (unpaired) electrons. The molecule has 2 fully saturated rings. The topological polar surface area (TPSA) is 52.7 Å². The SMILES string of the molecule is O=C1C[C@@H](Nc2ccc(N3CCCCC3)cc2)C(=O)N1c1ccc(F)cc1. The normalized spacial score (nSPS) is 20.3. The maximum Gasteiger partial charge on any atom is 0.256 e. The molecule has 0 unspecified atom stereocenters. The minimum Gasteiger partial charge on any atom is -0.373 e. The molecule has 27 heavy (non-hydrogen) atoms. The number of rotatable bonds is 4. The van der Waals surface area contributed by atoms with Crippen LogP contribution >= 0.6 is 0 Å². The number of nitrogens with zero attached hydrogens (tertiary/aromatic N) is 2. The molecule has 140 valence electrons. The number of benzene rings is 2. The quantitative estimate of drug-likeness (QED) is 0.840. The fourth-order valence-electron chi connectivity index (χ4n) is 3.73. The smallest absolute Gasteiger partial charge is 0.256 e. The van der Waals surface area contributed by atoms with E-state index in [1.807, 2.05) is 24.3 Å². The van der Waals surface area contributed by atoms with Gasteiger partial charge in [-0.15, -0.1) is 0 Å². The van der Waals surface area contributed by atoms with E-state index >= 15 is 0 Å². The average molecular weight is 367 g/mol. The third-order valence-electron chi connectivity index (χ3n) is 5.16. The summed E-state index contributed by atoms with van der Waals surface area (Å²) in [6.07, 6.45) is 3.82. The van der Waals surface area contributed by atoms with Gasteiger partial charge in [0, 0.05) is 24.5 Å². The summed E-state index contributed by atoms with van der Waals surface area (Å²) < 4.78 is 13.1. The second-order valence-corrected chi connectivity index (χ2v) is 7.04. The lowest BCUT2D eigenvalue weighted by Gasteiger charge is -2.29. The van der Waals surface area contributed by atoms with Crippen molar-refractivity contribution in [2.45, 2.75) is 31.7 Å². The Bertz CT molecular complexity index is 830. The molecule has 0 spiro atoms. The second-order valence-electron chi connectivity index (χ2n) is 7.04. The predicted molar refractivity (Wildman–Crippen MR) is 103 cm³/mol. The predicted octanol–water partition coefficient (Wildman–Crippen LogP) is 3.56. The molecular formula is C21H22FN3O2. The van der Waals surface area contributed by atoms with E-state index in [2.05, 4.69) is 10.2 Å². The van der Waals surface area contributed by atoms with E-state index in [9.17, 15) is 14.0 Å². The van der Waals surface area contributed by atoms with Crippen LogP contribution in [0, 0.1) is 5.82 Å². The number of anilines is 3. The van der Waals surface area contributed by atoms with Gasteiger partial charge in [0.1, 0.15) is 11.9 Å². The van der Waals surface area contributed by atoms with Crippen molar-refractivity contribution in [3.63, 3.8) is 0 Å². The minimum atomic E-state index is -0.608. The molecule has 6 heteroatoms. The number of nitrogens with one attached hydrogen (secondary N) is 1. The van der Waals surface area contributed by atoms with Gasteiger partial charge in [-0.3, -0.25) is 9.59 Å². The molecule has 5 nitrogen and oxygen atoms in total. The number of hydrogen-bond donors (Lipinski definition) is 1. The lowest BCUT2D eigenvalue weighted by molar-refractivity contribution is -0.121. The van der Waals surface area contributed by atoms with Crippen molar-refractivity contribution in [1.82, 2.24) is 0 Å². The molecule has 2 heterocycles. The van der Waals surface area contributed by atoms with E-state index in [4.69, 9.17) is 0 Å². The highest BCUT2D eigenvalue weighted by Crippen LogP contribution is 2.26. The van der Waals surface area contributed by atoms with Gasteiger partial charge in [-0.2, -0.15) is 0 Å². The summed E-state index contributed by atoms with van der Waals surface area (Å²) >= 11 is 0. The summed E-state index contributed by atoms with van der Waals surface area (Å²) in [4.78, 5) is 28.4. The van der Waals surface area contributed by atoms with E-state index < -0.39 is 11.9 Å². The Morgan fingerprint density at radius 2 is 1.48 bits per heavy atom. The molecule has 2 aromatic rings. The van der Waals surface area contributed by atoms with Crippen molar-refractivity contribution in [2.24, 2.45) is 0 Å². The fraction of sp³-hybridized carbons (Fsp3) is 0.333. The summed E-state index contributed by atoms with van der Waals surface area (Å²) in [5, 5.41) is 3.16. The first-order valence-corrected chi connectivity index (χ1v) is 9.36. The number of halogens is 1. The van der Waals surface area contributed by atoms with Crippen LogP contribution in [0.2, 0.25) is 0 Å². The standard InChI is InChI=1S/C21H22FN3O2/c22-15-4-8-18(9-5-15)25-20(26)14-19(21(25)27)23-16-6-10-17(11-7-16)24-12-2-1-3-13-24/h4-11,19,23H,1-3,12-14H2/t19-/m1/s1. The third kappa shape index (κ3) is 3.65. The maximum atomic E-state index is 13.1. The maximum absolute atomic E-state index is 13.1. The van der Waals surface area contributed by atoms with Crippen molar-refractivity contribution in [3.8, 4) is 0 Å². The van der Waals surface area contributed by atoms with E-state index in [-0.39, 0.29) is 18.2 Å². The molecule has 1 atom stereocenters. The number of carbonyl (C=O) groups is 2. The third-order valence-corrected chi connectivity index (χ3v) is 5.16. The van der Waals surface area contributed by atoms with Crippen LogP contribution in [-0.4, -0.2) is 30.9 Å². The highest BCUT2D eigenvalue weighted by Gasteiger charge is 2.39. The van der Waals surface area contributed by atoms with E-state index in [1.165, 1.54) is 49.2 Å². The Kier molecular flexibility index (Phi) is 4.79.